The number of amides is 2. The van der Waals surface area contributed by atoms with E-state index >= 15 is 0 Å². The Hall–Kier alpha value is -3.48. The number of hydrogen-bond donors (Lipinski definition) is 1. The number of carbonyl (C=O) groups excluding carboxylic acids is 2. The highest BCUT2D eigenvalue weighted by molar-refractivity contribution is 5.96. The highest BCUT2D eigenvalue weighted by atomic mass is 19.1. The summed E-state index contributed by atoms with van der Waals surface area (Å²) < 4.78 is 15.2. The van der Waals surface area contributed by atoms with Gasteiger partial charge < -0.3 is 10.2 Å². The molecule has 0 radical (unpaired) electrons. The zero-order valence-electron chi connectivity index (χ0n) is 18.7. The third-order valence-electron chi connectivity index (χ3n) is 6.71. The molecule has 1 aromatic heterocycles. The summed E-state index contributed by atoms with van der Waals surface area (Å²) in [5.41, 5.74) is 4.98. The predicted octanol–water partition coefficient (Wildman–Crippen LogP) is 3.84. The Morgan fingerprint density at radius 2 is 1.76 bits per heavy atom. The van der Waals surface area contributed by atoms with Crippen LogP contribution in [0.3, 0.4) is 0 Å². The molecule has 1 N–H and O–H groups in total. The van der Waals surface area contributed by atoms with Gasteiger partial charge in [-0.05, 0) is 74.9 Å². The molecule has 0 saturated carbocycles. The summed E-state index contributed by atoms with van der Waals surface area (Å²) in [4.78, 5) is 27.8. The number of nitrogens with zero attached hydrogens (tertiary/aromatic N) is 3. The first kappa shape index (κ1) is 21.4. The minimum absolute atomic E-state index is 0.0450. The molecule has 5 rings (SSSR count). The van der Waals surface area contributed by atoms with E-state index in [-0.39, 0.29) is 23.7 Å². The predicted molar refractivity (Wildman–Crippen MR) is 123 cm³/mol. The smallest absolute Gasteiger partial charge is 0.274 e. The zero-order chi connectivity index (χ0) is 22.9. The standard InChI is InChI=1S/C26H27FN4O2/c1-17-5-2-3-6-21(17)25(32)28-19-13-15-30(16-14-19)26(33)24-22-7-4-8-23(22)31(29-24)20-11-9-18(27)10-12-20/h2-3,5-6,9-12,19H,4,7-8,13-16H2,1H3,(H,28,32). The monoisotopic (exact) mass is 446 g/mol. The van der Waals surface area contributed by atoms with Crippen molar-refractivity contribution in [1.29, 1.82) is 0 Å². The number of benzene rings is 2. The summed E-state index contributed by atoms with van der Waals surface area (Å²) >= 11 is 0. The largest absolute Gasteiger partial charge is 0.349 e. The molecule has 0 atom stereocenters. The van der Waals surface area contributed by atoms with Gasteiger partial charge in [-0.25, -0.2) is 9.07 Å². The summed E-state index contributed by atoms with van der Waals surface area (Å²) in [5.74, 6) is -0.414. The van der Waals surface area contributed by atoms with Crippen LogP contribution in [0.2, 0.25) is 0 Å². The summed E-state index contributed by atoms with van der Waals surface area (Å²) in [6, 6.07) is 13.8. The number of aromatic nitrogens is 2. The number of rotatable bonds is 4. The molecule has 2 amide bonds. The van der Waals surface area contributed by atoms with Crippen LogP contribution < -0.4 is 5.32 Å². The number of piperidine rings is 1. The number of aryl methyl sites for hydroxylation is 1. The van der Waals surface area contributed by atoms with Crippen molar-refractivity contribution in [1.82, 2.24) is 20.0 Å². The number of hydrogen-bond acceptors (Lipinski definition) is 3. The van der Waals surface area contributed by atoms with Crippen LogP contribution in [0, 0.1) is 12.7 Å². The topological polar surface area (TPSA) is 67.2 Å². The van der Waals surface area contributed by atoms with E-state index < -0.39 is 0 Å². The van der Waals surface area contributed by atoms with Crippen LogP contribution in [0.1, 0.15) is 56.9 Å². The van der Waals surface area contributed by atoms with Gasteiger partial charge in [0.05, 0.1) is 5.69 Å². The van der Waals surface area contributed by atoms with E-state index in [2.05, 4.69) is 10.4 Å². The summed E-state index contributed by atoms with van der Waals surface area (Å²) in [7, 11) is 0. The molecule has 170 valence electrons. The summed E-state index contributed by atoms with van der Waals surface area (Å²) in [6.45, 7) is 3.09. The molecule has 33 heavy (non-hydrogen) atoms. The maximum atomic E-state index is 13.4. The third kappa shape index (κ3) is 4.15. The molecule has 1 aliphatic carbocycles. The Bertz CT molecular complexity index is 1190. The maximum absolute atomic E-state index is 13.4. The number of carbonyl (C=O) groups is 2. The van der Waals surface area contributed by atoms with Crippen LogP contribution in [0.25, 0.3) is 5.69 Å². The Balaban J connectivity index is 1.27. The Morgan fingerprint density at radius 1 is 1.03 bits per heavy atom. The average molecular weight is 447 g/mol. The second kappa shape index (κ2) is 8.81. The molecule has 0 unspecified atom stereocenters. The van der Waals surface area contributed by atoms with Crippen molar-refractivity contribution in [2.24, 2.45) is 0 Å². The van der Waals surface area contributed by atoms with Crippen molar-refractivity contribution in [2.45, 2.75) is 45.1 Å². The molecule has 7 heteroatoms. The van der Waals surface area contributed by atoms with Crippen molar-refractivity contribution in [2.75, 3.05) is 13.1 Å². The Kier molecular flexibility index (Phi) is 5.70. The summed E-state index contributed by atoms with van der Waals surface area (Å²) in [6.07, 6.45) is 4.11. The first-order valence-corrected chi connectivity index (χ1v) is 11.5. The van der Waals surface area contributed by atoms with Gasteiger partial charge in [-0.15, -0.1) is 0 Å². The maximum Gasteiger partial charge on any atom is 0.274 e. The minimum Gasteiger partial charge on any atom is -0.349 e. The van der Waals surface area contributed by atoms with Crippen molar-refractivity contribution in [3.05, 3.63) is 82.4 Å². The molecular formula is C26H27FN4O2. The molecule has 0 spiro atoms. The molecule has 2 aromatic carbocycles. The number of fused-ring (bicyclic) bond motifs is 1. The van der Waals surface area contributed by atoms with Crippen molar-refractivity contribution in [3.63, 3.8) is 0 Å². The van der Waals surface area contributed by atoms with Gasteiger partial charge in [0.1, 0.15) is 5.82 Å². The minimum atomic E-state index is -0.295. The normalized spacial score (nSPS) is 16.0. The lowest BCUT2D eigenvalue weighted by Gasteiger charge is -2.32. The van der Waals surface area contributed by atoms with E-state index in [1.165, 1.54) is 12.1 Å². The molecule has 1 aliphatic heterocycles. The van der Waals surface area contributed by atoms with Gasteiger partial charge in [0.25, 0.3) is 11.8 Å². The SMILES string of the molecule is Cc1ccccc1C(=O)NC1CCN(C(=O)c2nn(-c3ccc(F)cc3)c3c2CCC3)CC1. The first-order valence-electron chi connectivity index (χ1n) is 11.5. The van der Waals surface area contributed by atoms with Crippen LogP contribution in [-0.4, -0.2) is 45.6 Å². The van der Waals surface area contributed by atoms with Gasteiger partial charge in [-0.2, -0.15) is 5.10 Å². The van der Waals surface area contributed by atoms with Gasteiger partial charge in [0, 0.05) is 36.0 Å². The van der Waals surface area contributed by atoms with E-state index in [1.807, 2.05) is 36.1 Å². The van der Waals surface area contributed by atoms with Crippen molar-refractivity contribution < 1.29 is 14.0 Å². The molecule has 0 bridgehead atoms. The lowest BCUT2D eigenvalue weighted by Crippen LogP contribution is -2.46. The molecular weight excluding hydrogens is 419 g/mol. The Labute approximate surface area is 192 Å². The van der Waals surface area contributed by atoms with Crippen LogP contribution in [0.15, 0.2) is 48.5 Å². The fourth-order valence-electron chi connectivity index (χ4n) is 4.87. The van der Waals surface area contributed by atoms with Gasteiger partial charge >= 0.3 is 0 Å². The van der Waals surface area contributed by atoms with Crippen LogP contribution >= 0.6 is 0 Å². The van der Waals surface area contributed by atoms with Crippen LogP contribution in [-0.2, 0) is 12.8 Å². The zero-order valence-corrected chi connectivity index (χ0v) is 18.7. The van der Waals surface area contributed by atoms with Crippen LogP contribution in [0.5, 0.6) is 0 Å². The fourth-order valence-corrected chi connectivity index (χ4v) is 4.87. The Morgan fingerprint density at radius 3 is 2.48 bits per heavy atom. The molecule has 3 aromatic rings. The van der Waals surface area contributed by atoms with E-state index in [1.54, 1.807) is 16.8 Å². The average Bonchev–Trinajstić information content (AvgIpc) is 3.43. The van der Waals surface area contributed by atoms with E-state index in [4.69, 9.17) is 0 Å². The third-order valence-corrected chi connectivity index (χ3v) is 6.71. The van der Waals surface area contributed by atoms with E-state index in [0.29, 0.717) is 37.2 Å². The fraction of sp³-hybridized carbons (Fsp3) is 0.346. The van der Waals surface area contributed by atoms with Crippen LogP contribution in [0.4, 0.5) is 4.39 Å². The van der Waals surface area contributed by atoms with Crippen molar-refractivity contribution >= 4 is 11.8 Å². The van der Waals surface area contributed by atoms with Gasteiger partial charge in [-0.1, -0.05) is 18.2 Å². The number of halogens is 1. The highest BCUT2D eigenvalue weighted by Crippen LogP contribution is 2.29. The first-order chi connectivity index (χ1) is 16.0. The quantitative estimate of drug-likeness (QED) is 0.662. The van der Waals surface area contributed by atoms with Gasteiger partial charge in [0.2, 0.25) is 0 Å². The van der Waals surface area contributed by atoms with Gasteiger partial charge in [0.15, 0.2) is 5.69 Å². The van der Waals surface area contributed by atoms with E-state index in [0.717, 1.165) is 41.8 Å². The lowest BCUT2D eigenvalue weighted by atomic mass is 10.0. The highest BCUT2D eigenvalue weighted by Gasteiger charge is 2.32. The molecule has 2 heterocycles. The second-order valence-corrected chi connectivity index (χ2v) is 8.87. The molecule has 1 fully saturated rings. The second-order valence-electron chi connectivity index (χ2n) is 8.87. The van der Waals surface area contributed by atoms with Gasteiger partial charge in [-0.3, -0.25) is 9.59 Å². The van der Waals surface area contributed by atoms with E-state index in [9.17, 15) is 14.0 Å². The lowest BCUT2D eigenvalue weighted by molar-refractivity contribution is 0.0691. The van der Waals surface area contributed by atoms with Crippen molar-refractivity contribution in [3.8, 4) is 5.69 Å². The molecule has 1 saturated heterocycles. The number of nitrogens with one attached hydrogen (secondary N) is 1. The summed E-state index contributed by atoms with van der Waals surface area (Å²) in [5, 5.41) is 7.78. The number of likely N-dealkylation sites (tertiary alicyclic amines) is 1. The molecule has 6 nitrogen and oxygen atoms in total. The molecule has 2 aliphatic rings.